The van der Waals surface area contributed by atoms with Gasteiger partial charge in [0.05, 0.1) is 13.7 Å². The summed E-state index contributed by atoms with van der Waals surface area (Å²) in [5, 5.41) is 9.28. The van der Waals surface area contributed by atoms with Gasteiger partial charge in [-0.1, -0.05) is 15.9 Å². The predicted octanol–water partition coefficient (Wildman–Crippen LogP) is 1.60. The maximum absolute atomic E-state index is 12.6. The van der Waals surface area contributed by atoms with E-state index in [-0.39, 0.29) is 17.5 Å². The van der Waals surface area contributed by atoms with Crippen LogP contribution in [0.4, 0.5) is 0 Å². The molecular weight excluding hydrogens is 334 g/mol. The Labute approximate surface area is 121 Å². The number of halogens is 1. The molecule has 2 rings (SSSR count). The molecule has 0 unspecified atom stereocenters. The lowest BCUT2D eigenvalue weighted by Crippen LogP contribution is -2.37. The molecule has 1 atom stereocenters. The van der Waals surface area contributed by atoms with E-state index in [4.69, 9.17) is 4.74 Å². The number of benzene rings is 1. The van der Waals surface area contributed by atoms with Crippen LogP contribution in [0.3, 0.4) is 0 Å². The van der Waals surface area contributed by atoms with Crippen LogP contribution in [-0.4, -0.2) is 44.1 Å². The zero-order valence-corrected chi connectivity index (χ0v) is 12.9. The molecule has 1 heterocycles. The predicted molar refractivity (Wildman–Crippen MR) is 74.7 cm³/mol. The fraction of sp³-hybridized carbons (Fsp3) is 0.500. The Bertz CT molecular complexity index is 561. The first kappa shape index (κ1) is 14.8. The second-order valence-electron chi connectivity index (χ2n) is 4.39. The number of aliphatic hydroxyl groups excluding tert-OH is 1. The van der Waals surface area contributed by atoms with Crippen LogP contribution in [-0.2, 0) is 10.0 Å². The molecule has 1 aliphatic heterocycles. The van der Waals surface area contributed by atoms with Gasteiger partial charge in [-0.25, -0.2) is 8.42 Å². The molecule has 1 aliphatic rings. The van der Waals surface area contributed by atoms with Crippen molar-refractivity contribution in [2.24, 2.45) is 0 Å². The Morgan fingerprint density at radius 3 is 2.89 bits per heavy atom. The molecule has 0 spiro atoms. The van der Waals surface area contributed by atoms with Crippen LogP contribution in [0.15, 0.2) is 27.6 Å². The van der Waals surface area contributed by atoms with Gasteiger partial charge in [0.15, 0.2) is 0 Å². The first-order chi connectivity index (χ1) is 9.00. The lowest BCUT2D eigenvalue weighted by molar-refractivity contribution is 0.213. The van der Waals surface area contributed by atoms with Crippen molar-refractivity contribution in [3.8, 4) is 5.75 Å². The molecule has 1 aromatic carbocycles. The topological polar surface area (TPSA) is 66.8 Å². The number of sulfonamides is 1. The van der Waals surface area contributed by atoms with Crippen LogP contribution < -0.4 is 4.74 Å². The van der Waals surface area contributed by atoms with Crippen molar-refractivity contribution in [1.82, 2.24) is 4.31 Å². The molecule has 1 aromatic rings. The molecule has 1 N–H and O–H groups in total. The molecule has 19 heavy (non-hydrogen) atoms. The van der Waals surface area contributed by atoms with Gasteiger partial charge in [0.1, 0.15) is 10.6 Å². The zero-order valence-electron chi connectivity index (χ0n) is 10.5. The minimum Gasteiger partial charge on any atom is -0.495 e. The average Bonchev–Trinajstić information content (AvgIpc) is 2.87. The molecule has 0 aromatic heterocycles. The molecule has 1 fully saturated rings. The Kier molecular flexibility index (Phi) is 4.50. The minimum atomic E-state index is -3.65. The molecule has 0 aliphatic carbocycles. The highest BCUT2D eigenvalue weighted by Gasteiger charge is 2.36. The molecule has 5 nitrogen and oxygen atoms in total. The molecule has 0 amide bonds. The highest BCUT2D eigenvalue weighted by Crippen LogP contribution is 2.33. The summed E-state index contributed by atoms with van der Waals surface area (Å²) in [6, 6.07) is 4.53. The number of hydrogen-bond acceptors (Lipinski definition) is 4. The van der Waals surface area contributed by atoms with Crippen LogP contribution in [0.5, 0.6) is 5.75 Å². The second kappa shape index (κ2) is 5.78. The maximum atomic E-state index is 12.6. The highest BCUT2D eigenvalue weighted by atomic mass is 79.9. The Morgan fingerprint density at radius 2 is 2.26 bits per heavy atom. The van der Waals surface area contributed by atoms with Crippen LogP contribution in [0.25, 0.3) is 0 Å². The van der Waals surface area contributed by atoms with Gasteiger partial charge in [0, 0.05) is 17.1 Å². The molecule has 106 valence electrons. The van der Waals surface area contributed by atoms with Crippen molar-refractivity contribution in [2.75, 3.05) is 20.3 Å². The quantitative estimate of drug-likeness (QED) is 0.896. The molecule has 0 saturated carbocycles. The summed E-state index contributed by atoms with van der Waals surface area (Å²) in [5.74, 6) is 0.312. The molecular formula is C12H16BrNO4S. The fourth-order valence-corrected chi connectivity index (χ4v) is 4.67. The molecule has 1 saturated heterocycles. The third-order valence-corrected chi connectivity index (χ3v) is 5.71. The highest BCUT2D eigenvalue weighted by molar-refractivity contribution is 9.10. The smallest absolute Gasteiger partial charge is 0.247 e. The summed E-state index contributed by atoms with van der Waals surface area (Å²) in [6.07, 6.45) is 1.45. The summed E-state index contributed by atoms with van der Waals surface area (Å²) in [7, 11) is -2.21. The second-order valence-corrected chi connectivity index (χ2v) is 7.16. The Morgan fingerprint density at radius 1 is 1.53 bits per heavy atom. The lowest BCUT2D eigenvalue weighted by atomic mass is 10.2. The van der Waals surface area contributed by atoms with E-state index in [1.807, 2.05) is 0 Å². The maximum Gasteiger partial charge on any atom is 0.247 e. The van der Waals surface area contributed by atoms with Gasteiger partial charge >= 0.3 is 0 Å². The van der Waals surface area contributed by atoms with Gasteiger partial charge < -0.3 is 9.84 Å². The lowest BCUT2D eigenvalue weighted by Gasteiger charge is -2.23. The first-order valence-electron chi connectivity index (χ1n) is 5.97. The van der Waals surface area contributed by atoms with E-state index in [0.717, 1.165) is 6.42 Å². The molecule has 0 bridgehead atoms. The van der Waals surface area contributed by atoms with Crippen molar-refractivity contribution in [1.29, 1.82) is 0 Å². The van der Waals surface area contributed by atoms with Crippen molar-refractivity contribution >= 4 is 26.0 Å². The van der Waals surface area contributed by atoms with Gasteiger partial charge in [-0.05, 0) is 31.0 Å². The standard InChI is InChI=1S/C12H16BrNO4S/c1-18-11-5-4-9(13)7-12(11)19(16,17)14-6-2-3-10(14)8-15/h4-5,7,10,15H,2-3,6,8H2,1H3/t10-/m1/s1. The van der Waals surface area contributed by atoms with Gasteiger partial charge in [0.2, 0.25) is 10.0 Å². The number of hydrogen-bond donors (Lipinski definition) is 1. The Balaban J connectivity index is 2.47. The number of rotatable bonds is 4. The van der Waals surface area contributed by atoms with Gasteiger partial charge in [-0.3, -0.25) is 0 Å². The normalized spacial score (nSPS) is 20.7. The largest absolute Gasteiger partial charge is 0.495 e. The summed E-state index contributed by atoms with van der Waals surface area (Å²) in [5.41, 5.74) is 0. The van der Waals surface area contributed by atoms with Gasteiger partial charge in [-0.2, -0.15) is 4.31 Å². The fourth-order valence-electron chi connectivity index (χ4n) is 2.29. The van der Waals surface area contributed by atoms with E-state index in [9.17, 15) is 13.5 Å². The number of methoxy groups -OCH3 is 1. The van der Waals surface area contributed by atoms with Crippen molar-refractivity contribution < 1.29 is 18.3 Å². The number of aliphatic hydroxyl groups is 1. The van der Waals surface area contributed by atoms with Crippen LogP contribution in [0.2, 0.25) is 0 Å². The van der Waals surface area contributed by atoms with Gasteiger partial charge in [0.25, 0.3) is 0 Å². The van der Waals surface area contributed by atoms with Crippen molar-refractivity contribution in [2.45, 2.75) is 23.8 Å². The average molecular weight is 350 g/mol. The first-order valence-corrected chi connectivity index (χ1v) is 8.20. The van der Waals surface area contributed by atoms with E-state index in [1.165, 1.54) is 17.5 Å². The summed E-state index contributed by atoms with van der Waals surface area (Å²) in [4.78, 5) is 0.129. The van der Waals surface area contributed by atoms with E-state index in [1.54, 1.807) is 12.1 Å². The SMILES string of the molecule is COc1ccc(Br)cc1S(=O)(=O)N1CCC[C@@H]1CO. The Hall–Kier alpha value is -0.630. The van der Waals surface area contributed by atoms with E-state index in [0.29, 0.717) is 23.2 Å². The zero-order chi connectivity index (χ0) is 14.0. The van der Waals surface area contributed by atoms with E-state index >= 15 is 0 Å². The van der Waals surface area contributed by atoms with E-state index < -0.39 is 10.0 Å². The van der Waals surface area contributed by atoms with E-state index in [2.05, 4.69) is 15.9 Å². The third kappa shape index (κ3) is 2.79. The summed E-state index contributed by atoms with van der Waals surface area (Å²) < 4.78 is 32.5. The third-order valence-electron chi connectivity index (χ3n) is 3.25. The van der Waals surface area contributed by atoms with Crippen LogP contribution in [0.1, 0.15) is 12.8 Å². The molecule has 0 radical (unpaired) electrons. The van der Waals surface area contributed by atoms with Crippen molar-refractivity contribution in [3.63, 3.8) is 0 Å². The summed E-state index contributed by atoms with van der Waals surface area (Å²) >= 11 is 3.27. The molecule has 7 heteroatoms. The van der Waals surface area contributed by atoms with Crippen LogP contribution in [0, 0.1) is 0 Å². The van der Waals surface area contributed by atoms with Crippen LogP contribution >= 0.6 is 15.9 Å². The number of ether oxygens (including phenoxy) is 1. The van der Waals surface area contributed by atoms with Crippen molar-refractivity contribution in [3.05, 3.63) is 22.7 Å². The minimum absolute atomic E-state index is 0.129. The monoisotopic (exact) mass is 349 g/mol. The van der Waals surface area contributed by atoms with Gasteiger partial charge in [-0.15, -0.1) is 0 Å². The number of nitrogens with zero attached hydrogens (tertiary/aromatic N) is 1. The summed E-state index contributed by atoms with van der Waals surface area (Å²) in [6.45, 7) is 0.277.